The lowest BCUT2D eigenvalue weighted by Crippen LogP contribution is -2.22. The van der Waals surface area contributed by atoms with Gasteiger partial charge in [-0.25, -0.2) is 0 Å². The van der Waals surface area contributed by atoms with Gasteiger partial charge in [-0.05, 0) is 38.1 Å². The molecule has 0 heterocycles. The lowest BCUT2D eigenvalue weighted by Gasteiger charge is -2.06. The van der Waals surface area contributed by atoms with Crippen molar-refractivity contribution in [2.24, 2.45) is 5.92 Å². The number of rotatable bonds is 11. The van der Waals surface area contributed by atoms with Crippen LogP contribution in [0.5, 0.6) is 0 Å². The molecule has 0 spiro atoms. The number of nitrogens with one attached hydrogen (secondary N) is 1. The Balaban J connectivity index is 1.62. The molecule has 1 aliphatic rings. The summed E-state index contributed by atoms with van der Waals surface area (Å²) in [7, 11) is 0. The van der Waals surface area contributed by atoms with Crippen molar-refractivity contribution < 1.29 is 9.47 Å². The van der Waals surface area contributed by atoms with Crippen LogP contribution >= 0.6 is 0 Å². The second kappa shape index (κ2) is 9.13. The van der Waals surface area contributed by atoms with E-state index in [1.165, 1.54) is 12.8 Å². The summed E-state index contributed by atoms with van der Waals surface area (Å²) in [4.78, 5) is 0. The third-order valence-electron chi connectivity index (χ3n) is 2.46. The van der Waals surface area contributed by atoms with E-state index in [4.69, 9.17) is 9.47 Å². The average molecular weight is 215 g/mol. The van der Waals surface area contributed by atoms with Gasteiger partial charge in [0.2, 0.25) is 0 Å². The van der Waals surface area contributed by atoms with Crippen molar-refractivity contribution in [3.63, 3.8) is 0 Å². The summed E-state index contributed by atoms with van der Waals surface area (Å²) in [5.41, 5.74) is 0. The predicted octanol–water partition coefficient (Wildman–Crippen LogP) is 1.82. The number of hydrogen-bond donors (Lipinski definition) is 1. The molecule has 1 fully saturated rings. The van der Waals surface area contributed by atoms with E-state index in [-0.39, 0.29) is 0 Å². The van der Waals surface area contributed by atoms with Crippen LogP contribution in [0.15, 0.2) is 0 Å². The highest BCUT2D eigenvalue weighted by atomic mass is 16.5. The van der Waals surface area contributed by atoms with Crippen molar-refractivity contribution in [2.75, 3.05) is 39.5 Å². The van der Waals surface area contributed by atoms with Gasteiger partial charge in [-0.1, -0.05) is 6.92 Å². The van der Waals surface area contributed by atoms with Crippen molar-refractivity contribution in [1.82, 2.24) is 5.32 Å². The smallest absolute Gasteiger partial charge is 0.0590 e. The van der Waals surface area contributed by atoms with Crippen molar-refractivity contribution in [3.05, 3.63) is 0 Å². The summed E-state index contributed by atoms with van der Waals surface area (Å²) in [6, 6.07) is 0. The van der Waals surface area contributed by atoms with E-state index in [0.29, 0.717) is 0 Å². The van der Waals surface area contributed by atoms with Gasteiger partial charge in [-0.15, -0.1) is 0 Å². The standard InChI is InChI=1S/C12H25NO2/c1-2-8-14-10-7-13-6-3-9-15-11-12-4-5-12/h12-13H,2-11H2,1H3. The fourth-order valence-corrected chi connectivity index (χ4v) is 1.35. The molecule has 0 amide bonds. The van der Waals surface area contributed by atoms with E-state index in [1.807, 2.05) is 0 Å². The third-order valence-corrected chi connectivity index (χ3v) is 2.46. The molecule has 0 aliphatic heterocycles. The summed E-state index contributed by atoms with van der Waals surface area (Å²) in [5, 5.41) is 3.34. The zero-order chi connectivity index (χ0) is 10.8. The van der Waals surface area contributed by atoms with E-state index >= 15 is 0 Å². The lowest BCUT2D eigenvalue weighted by molar-refractivity contribution is 0.118. The Morgan fingerprint density at radius 1 is 1.07 bits per heavy atom. The monoisotopic (exact) mass is 215 g/mol. The summed E-state index contributed by atoms with van der Waals surface area (Å²) in [5.74, 6) is 0.889. The molecule has 0 unspecified atom stereocenters. The Labute approximate surface area is 93.5 Å². The van der Waals surface area contributed by atoms with Gasteiger partial charge in [0.1, 0.15) is 0 Å². The molecule has 0 saturated heterocycles. The van der Waals surface area contributed by atoms with Gasteiger partial charge in [0.15, 0.2) is 0 Å². The minimum atomic E-state index is 0.830. The minimum Gasteiger partial charge on any atom is -0.381 e. The molecule has 1 saturated carbocycles. The molecule has 15 heavy (non-hydrogen) atoms. The second-order valence-electron chi connectivity index (χ2n) is 4.23. The highest BCUT2D eigenvalue weighted by Gasteiger charge is 2.20. The summed E-state index contributed by atoms with van der Waals surface area (Å²) >= 11 is 0. The predicted molar refractivity (Wildman–Crippen MR) is 62.1 cm³/mol. The molecule has 0 aromatic carbocycles. The van der Waals surface area contributed by atoms with Gasteiger partial charge < -0.3 is 14.8 Å². The zero-order valence-electron chi connectivity index (χ0n) is 9.96. The van der Waals surface area contributed by atoms with Crippen molar-refractivity contribution in [2.45, 2.75) is 32.6 Å². The van der Waals surface area contributed by atoms with Crippen LogP contribution in [0.2, 0.25) is 0 Å². The first-order chi connectivity index (χ1) is 7.43. The van der Waals surface area contributed by atoms with Gasteiger partial charge in [0.25, 0.3) is 0 Å². The molecule has 0 bridgehead atoms. The van der Waals surface area contributed by atoms with Gasteiger partial charge >= 0.3 is 0 Å². The van der Waals surface area contributed by atoms with Gasteiger partial charge in [0.05, 0.1) is 6.61 Å². The van der Waals surface area contributed by atoms with Gasteiger partial charge in [-0.3, -0.25) is 0 Å². The van der Waals surface area contributed by atoms with Crippen LogP contribution in [0.25, 0.3) is 0 Å². The molecular weight excluding hydrogens is 190 g/mol. The Kier molecular flexibility index (Phi) is 7.88. The Morgan fingerprint density at radius 3 is 2.67 bits per heavy atom. The maximum atomic E-state index is 5.53. The van der Waals surface area contributed by atoms with E-state index in [2.05, 4.69) is 12.2 Å². The van der Waals surface area contributed by atoms with Crippen LogP contribution in [0, 0.1) is 5.92 Å². The summed E-state index contributed by atoms with van der Waals surface area (Å²) in [6.45, 7) is 7.73. The quantitative estimate of drug-likeness (QED) is 0.533. The second-order valence-corrected chi connectivity index (χ2v) is 4.23. The SMILES string of the molecule is CCCOCCNCCCOCC1CC1. The maximum Gasteiger partial charge on any atom is 0.0590 e. The zero-order valence-corrected chi connectivity index (χ0v) is 9.96. The van der Waals surface area contributed by atoms with Crippen molar-refractivity contribution in [3.8, 4) is 0 Å². The lowest BCUT2D eigenvalue weighted by atomic mass is 10.4. The summed E-state index contributed by atoms with van der Waals surface area (Å²) in [6.07, 6.45) is 4.98. The first-order valence-electron chi connectivity index (χ1n) is 6.29. The molecule has 0 aromatic heterocycles. The van der Waals surface area contributed by atoms with Crippen LogP contribution in [-0.2, 0) is 9.47 Å². The van der Waals surface area contributed by atoms with Crippen LogP contribution < -0.4 is 5.32 Å². The molecule has 1 N–H and O–H groups in total. The average Bonchev–Trinajstić information content (AvgIpc) is 3.05. The van der Waals surface area contributed by atoms with Crippen LogP contribution in [0.4, 0.5) is 0 Å². The van der Waals surface area contributed by atoms with Crippen LogP contribution in [0.1, 0.15) is 32.6 Å². The molecule has 3 heteroatoms. The van der Waals surface area contributed by atoms with E-state index in [0.717, 1.165) is 58.3 Å². The van der Waals surface area contributed by atoms with E-state index < -0.39 is 0 Å². The van der Waals surface area contributed by atoms with E-state index in [1.54, 1.807) is 0 Å². The molecular formula is C12H25NO2. The maximum absolute atomic E-state index is 5.53. The molecule has 3 nitrogen and oxygen atoms in total. The fourth-order valence-electron chi connectivity index (χ4n) is 1.35. The van der Waals surface area contributed by atoms with Crippen molar-refractivity contribution in [1.29, 1.82) is 0 Å². The molecule has 0 aromatic rings. The summed E-state index contributed by atoms with van der Waals surface area (Å²) < 4.78 is 10.9. The Morgan fingerprint density at radius 2 is 1.93 bits per heavy atom. The fraction of sp³-hybridized carbons (Fsp3) is 1.00. The third kappa shape index (κ3) is 8.85. The first kappa shape index (κ1) is 12.9. The van der Waals surface area contributed by atoms with Crippen molar-refractivity contribution >= 4 is 0 Å². The number of hydrogen-bond acceptors (Lipinski definition) is 3. The highest BCUT2D eigenvalue weighted by molar-refractivity contribution is 4.71. The normalized spacial score (nSPS) is 15.8. The molecule has 0 radical (unpaired) electrons. The van der Waals surface area contributed by atoms with E-state index in [9.17, 15) is 0 Å². The van der Waals surface area contributed by atoms with Crippen LogP contribution in [0.3, 0.4) is 0 Å². The first-order valence-corrected chi connectivity index (χ1v) is 6.29. The van der Waals surface area contributed by atoms with Crippen LogP contribution in [-0.4, -0.2) is 39.5 Å². The Bertz CT molecular complexity index is 138. The molecule has 1 rings (SSSR count). The van der Waals surface area contributed by atoms with Gasteiger partial charge in [-0.2, -0.15) is 0 Å². The largest absolute Gasteiger partial charge is 0.381 e. The highest BCUT2D eigenvalue weighted by Crippen LogP contribution is 2.28. The Hall–Kier alpha value is -0.120. The topological polar surface area (TPSA) is 30.5 Å². The molecule has 1 aliphatic carbocycles. The molecule has 90 valence electrons. The van der Waals surface area contributed by atoms with Gasteiger partial charge in [0, 0.05) is 26.4 Å². The number of ether oxygens (including phenoxy) is 2. The minimum absolute atomic E-state index is 0.830. The molecule has 0 atom stereocenters.